The number of hydrogen-bond acceptors (Lipinski definition) is 4. The lowest BCUT2D eigenvalue weighted by molar-refractivity contribution is -0.122. The molecule has 5 nitrogen and oxygen atoms in total. The number of aliphatic hydroxyl groups is 1. The third-order valence-corrected chi connectivity index (χ3v) is 4.02. The zero-order chi connectivity index (χ0) is 14.6. The van der Waals surface area contributed by atoms with E-state index in [-0.39, 0.29) is 24.6 Å². The Morgan fingerprint density at radius 2 is 2.20 bits per heavy atom. The number of carbonyl (C=O) groups excluding carboxylic acids is 1. The van der Waals surface area contributed by atoms with Gasteiger partial charge in [-0.15, -0.1) is 11.3 Å². The van der Waals surface area contributed by atoms with Crippen LogP contribution in [0.2, 0.25) is 0 Å². The Morgan fingerprint density at radius 1 is 1.40 bits per heavy atom. The van der Waals surface area contributed by atoms with E-state index < -0.39 is 5.60 Å². The van der Waals surface area contributed by atoms with E-state index in [4.69, 9.17) is 0 Å². The molecule has 6 heteroatoms. The summed E-state index contributed by atoms with van der Waals surface area (Å²) < 4.78 is 1.31. The lowest BCUT2D eigenvalue weighted by Crippen LogP contribution is -2.40. The van der Waals surface area contributed by atoms with E-state index in [2.05, 4.69) is 5.32 Å². The lowest BCUT2D eigenvalue weighted by Gasteiger charge is -2.22. The van der Waals surface area contributed by atoms with Crippen LogP contribution in [0, 0.1) is 0 Å². The first-order valence-corrected chi connectivity index (χ1v) is 7.05. The van der Waals surface area contributed by atoms with Gasteiger partial charge in [0.15, 0.2) is 0 Å². The number of nitrogens with zero attached hydrogens (tertiary/aromatic N) is 1. The molecule has 2 heterocycles. The second kappa shape index (κ2) is 6.02. The number of aromatic nitrogens is 1. The molecule has 0 saturated heterocycles. The van der Waals surface area contributed by atoms with E-state index in [0.717, 1.165) is 4.88 Å². The first-order chi connectivity index (χ1) is 9.49. The minimum atomic E-state index is -1.11. The Balaban J connectivity index is 1.93. The van der Waals surface area contributed by atoms with Crippen molar-refractivity contribution >= 4 is 17.2 Å². The molecule has 0 spiro atoms. The molecule has 0 fully saturated rings. The molecule has 1 atom stereocenters. The fourth-order valence-electron chi connectivity index (χ4n) is 1.74. The first-order valence-electron chi connectivity index (χ1n) is 6.17. The van der Waals surface area contributed by atoms with Crippen molar-refractivity contribution in [1.82, 2.24) is 9.88 Å². The zero-order valence-corrected chi connectivity index (χ0v) is 11.9. The summed E-state index contributed by atoms with van der Waals surface area (Å²) in [6.45, 7) is 1.70. The number of thiophene rings is 1. The molecular weight excluding hydrogens is 276 g/mol. The molecule has 0 saturated carbocycles. The highest BCUT2D eigenvalue weighted by Crippen LogP contribution is 2.24. The Labute approximate surface area is 120 Å². The predicted molar refractivity (Wildman–Crippen MR) is 77.6 cm³/mol. The quantitative estimate of drug-likeness (QED) is 0.861. The van der Waals surface area contributed by atoms with Gasteiger partial charge in [0.05, 0.1) is 6.54 Å². The summed E-state index contributed by atoms with van der Waals surface area (Å²) in [4.78, 5) is 24.1. The maximum Gasteiger partial charge on any atom is 0.250 e. The molecule has 2 aromatic heterocycles. The van der Waals surface area contributed by atoms with Crippen molar-refractivity contribution in [3.63, 3.8) is 0 Å². The van der Waals surface area contributed by atoms with Crippen molar-refractivity contribution in [3.05, 3.63) is 57.1 Å². The number of nitrogens with one attached hydrogen (secondary N) is 1. The fourth-order valence-corrected chi connectivity index (χ4v) is 2.53. The minimum absolute atomic E-state index is 0.0554. The monoisotopic (exact) mass is 292 g/mol. The molecule has 0 aliphatic heterocycles. The van der Waals surface area contributed by atoms with Gasteiger partial charge < -0.3 is 15.0 Å². The second-order valence-electron chi connectivity index (χ2n) is 4.69. The van der Waals surface area contributed by atoms with Crippen LogP contribution < -0.4 is 10.9 Å². The summed E-state index contributed by atoms with van der Waals surface area (Å²) in [6, 6.07) is 8.38. The van der Waals surface area contributed by atoms with Crippen molar-refractivity contribution < 1.29 is 9.90 Å². The van der Waals surface area contributed by atoms with Crippen molar-refractivity contribution in [1.29, 1.82) is 0 Å². The van der Waals surface area contributed by atoms with Crippen LogP contribution >= 0.6 is 11.3 Å². The van der Waals surface area contributed by atoms with Crippen molar-refractivity contribution in [2.45, 2.75) is 19.1 Å². The smallest absolute Gasteiger partial charge is 0.250 e. The van der Waals surface area contributed by atoms with E-state index in [0.29, 0.717) is 0 Å². The van der Waals surface area contributed by atoms with E-state index in [9.17, 15) is 14.7 Å². The van der Waals surface area contributed by atoms with Crippen LogP contribution in [0.15, 0.2) is 46.7 Å². The lowest BCUT2D eigenvalue weighted by atomic mass is 10.1. The summed E-state index contributed by atoms with van der Waals surface area (Å²) >= 11 is 1.43. The van der Waals surface area contributed by atoms with Crippen LogP contribution in [0.25, 0.3) is 0 Å². The second-order valence-corrected chi connectivity index (χ2v) is 5.64. The van der Waals surface area contributed by atoms with Gasteiger partial charge in [-0.05, 0) is 24.4 Å². The van der Waals surface area contributed by atoms with Crippen LogP contribution in [0.3, 0.4) is 0 Å². The van der Waals surface area contributed by atoms with Gasteiger partial charge in [-0.2, -0.15) is 0 Å². The molecule has 2 N–H and O–H groups in total. The molecule has 0 aromatic carbocycles. The van der Waals surface area contributed by atoms with Gasteiger partial charge in [-0.3, -0.25) is 9.59 Å². The van der Waals surface area contributed by atoms with Gasteiger partial charge in [0, 0.05) is 17.1 Å². The molecule has 2 rings (SSSR count). The standard InChI is InChI=1S/C14H16N2O3S/c1-14(19,11-5-4-8-20-11)10-15-12(17)9-16-7-3-2-6-13(16)18/h2-8,19H,9-10H2,1H3,(H,15,17). The number of rotatable bonds is 5. The molecule has 20 heavy (non-hydrogen) atoms. The minimum Gasteiger partial charge on any atom is -0.383 e. The summed E-state index contributed by atoms with van der Waals surface area (Å²) in [5.41, 5.74) is -1.33. The molecule has 0 aliphatic carbocycles. The largest absolute Gasteiger partial charge is 0.383 e. The molecule has 106 valence electrons. The summed E-state index contributed by atoms with van der Waals surface area (Å²) in [5.74, 6) is -0.310. The zero-order valence-electron chi connectivity index (χ0n) is 11.1. The topological polar surface area (TPSA) is 71.3 Å². The highest BCUT2D eigenvalue weighted by atomic mass is 32.1. The van der Waals surface area contributed by atoms with Crippen molar-refractivity contribution in [2.75, 3.05) is 6.54 Å². The summed E-state index contributed by atoms with van der Waals surface area (Å²) in [7, 11) is 0. The molecular formula is C14H16N2O3S. The van der Waals surface area contributed by atoms with Crippen LogP contribution in [0.4, 0.5) is 0 Å². The van der Waals surface area contributed by atoms with E-state index in [1.54, 1.807) is 25.3 Å². The average Bonchev–Trinajstić information content (AvgIpc) is 2.94. The third kappa shape index (κ3) is 3.55. The maximum absolute atomic E-state index is 11.8. The van der Waals surface area contributed by atoms with Crippen LogP contribution in [-0.2, 0) is 16.9 Å². The summed E-state index contributed by atoms with van der Waals surface area (Å²) in [5, 5.41) is 14.8. The van der Waals surface area contributed by atoms with Gasteiger partial charge >= 0.3 is 0 Å². The van der Waals surface area contributed by atoms with Crippen LogP contribution in [0.1, 0.15) is 11.8 Å². The third-order valence-electron chi connectivity index (χ3n) is 2.89. The molecule has 0 bridgehead atoms. The highest BCUT2D eigenvalue weighted by Gasteiger charge is 2.24. The van der Waals surface area contributed by atoms with E-state index in [1.165, 1.54) is 22.0 Å². The number of hydrogen-bond donors (Lipinski definition) is 2. The van der Waals surface area contributed by atoms with E-state index >= 15 is 0 Å². The Hall–Kier alpha value is -1.92. The maximum atomic E-state index is 11.8. The summed E-state index contributed by atoms with van der Waals surface area (Å²) in [6.07, 6.45) is 1.55. The van der Waals surface area contributed by atoms with Gasteiger partial charge in [0.2, 0.25) is 5.91 Å². The molecule has 0 aliphatic rings. The molecule has 1 amide bonds. The first kappa shape index (κ1) is 14.5. The van der Waals surface area contributed by atoms with Crippen LogP contribution in [-0.4, -0.2) is 22.1 Å². The van der Waals surface area contributed by atoms with Gasteiger partial charge in [-0.25, -0.2) is 0 Å². The van der Waals surface area contributed by atoms with E-state index in [1.807, 2.05) is 17.5 Å². The van der Waals surface area contributed by atoms with Crippen molar-refractivity contribution in [2.24, 2.45) is 0 Å². The molecule has 0 radical (unpaired) electrons. The SMILES string of the molecule is CC(O)(CNC(=O)Cn1ccccc1=O)c1cccs1. The number of amides is 1. The normalized spacial score (nSPS) is 13.7. The van der Waals surface area contributed by atoms with Crippen LogP contribution in [0.5, 0.6) is 0 Å². The highest BCUT2D eigenvalue weighted by molar-refractivity contribution is 7.10. The molecule has 1 unspecified atom stereocenters. The van der Waals surface area contributed by atoms with Gasteiger partial charge in [0.25, 0.3) is 5.56 Å². The Kier molecular flexibility index (Phi) is 4.36. The Morgan fingerprint density at radius 3 is 2.85 bits per heavy atom. The van der Waals surface area contributed by atoms with Gasteiger partial charge in [-0.1, -0.05) is 12.1 Å². The molecule has 2 aromatic rings. The fraction of sp³-hybridized carbons (Fsp3) is 0.286. The number of carbonyl (C=O) groups is 1. The van der Waals surface area contributed by atoms with Gasteiger partial charge in [0.1, 0.15) is 12.1 Å². The average molecular weight is 292 g/mol. The number of pyridine rings is 1. The van der Waals surface area contributed by atoms with Crippen molar-refractivity contribution in [3.8, 4) is 0 Å². The predicted octanol–water partition coefficient (Wildman–Crippen LogP) is 0.934. The Bertz CT molecular complexity index is 632.